The fourth-order valence-corrected chi connectivity index (χ4v) is 2.34. The van der Waals surface area contributed by atoms with Gasteiger partial charge in [-0.1, -0.05) is 0 Å². The summed E-state index contributed by atoms with van der Waals surface area (Å²) in [5, 5.41) is 6.55. The highest BCUT2D eigenvalue weighted by molar-refractivity contribution is 14.0. The molecule has 25 heavy (non-hydrogen) atoms. The number of hydrogen-bond acceptors (Lipinski definition) is 4. The van der Waals surface area contributed by atoms with E-state index in [1.807, 2.05) is 27.7 Å². The lowest BCUT2D eigenvalue weighted by molar-refractivity contribution is 0.0230. The summed E-state index contributed by atoms with van der Waals surface area (Å²) in [6.45, 7) is 9.96. The van der Waals surface area contributed by atoms with E-state index in [1.165, 1.54) is 0 Å². The van der Waals surface area contributed by atoms with E-state index in [1.54, 1.807) is 19.0 Å². The van der Waals surface area contributed by atoms with E-state index in [9.17, 15) is 4.79 Å². The summed E-state index contributed by atoms with van der Waals surface area (Å²) in [6.07, 6.45) is 3.02. The molecule has 8 heteroatoms. The summed E-state index contributed by atoms with van der Waals surface area (Å²) in [6, 6.07) is 0.0728. The molecule has 1 amide bonds. The number of ether oxygens (including phenoxy) is 2. The molecule has 2 atom stereocenters. The first-order chi connectivity index (χ1) is 11.2. The monoisotopic (exact) mass is 470 g/mol. The Bertz CT molecular complexity index is 421. The Morgan fingerprint density at radius 3 is 2.60 bits per heavy atom. The second-order valence-electron chi connectivity index (χ2n) is 7.24. The number of aliphatic imine (C=N–C) groups is 1. The maximum absolute atomic E-state index is 12.0. The Hall–Kier alpha value is -0.770. The molecule has 1 aliphatic heterocycles. The number of guanidine groups is 1. The van der Waals surface area contributed by atoms with Crippen LogP contribution in [0, 0.1) is 0 Å². The zero-order chi connectivity index (χ0) is 18.2. The van der Waals surface area contributed by atoms with Crippen molar-refractivity contribution < 1.29 is 14.3 Å². The normalized spacial score (nSPS) is 19.0. The van der Waals surface area contributed by atoms with Crippen LogP contribution in [0.25, 0.3) is 0 Å². The first-order valence-corrected chi connectivity index (χ1v) is 8.75. The van der Waals surface area contributed by atoms with E-state index in [0.29, 0.717) is 0 Å². The summed E-state index contributed by atoms with van der Waals surface area (Å²) >= 11 is 0. The molecular weight excluding hydrogens is 435 g/mol. The van der Waals surface area contributed by atoms with E-state index in [4.69, 9.17) is 9.47 Å². The standard InChI is InChI=1S/C17H34N4O3.HI/c1-13(21(6)16(22)24-17(2,3)4)9-10-19-15(18-5)20-12-14-8-7-11-23-14;/h13-14H,7-12H2,1-6H3,(H2,18,19,20);1H. The van der Waals surface area contributed by atoms with Gasteiger partial charge in [0, 0.05) is 39.8 Å². The molecular formula is C17H35IN4O3. The van der Waals surface area contributed by atoms with Crippen molar-refractivity contribution in [2.45, 2.75) is 64.7 Å². The molecule has 0 aromatic carbocycles. The molecule has 1 fully saturated rings. The first-order valence-electron chi connectivity index (χ1n) is 8.75. The Labute approximate surface area is 169 Å². The lowest BCUT2D eigenvalue weighted by Gasteiger charge is -2.29. The Kier molecular flexibility index (Phi) is 11.4. The van der Waals surface area contributed by atoms with E-state index in [-0.39, 0.29) is 42.2 Å². The zero-order valence-corrected chi connectivity index (χ0v) is 18.8. The predicted molar refractivity (Wildman–Crippen MR) is 112 cm³/mol. The average Bonchev–Trinajstić information content (AvgIpc) is 3.01. The minimum Gasteiger partial charge on any atom is -0.444 e. The Balaban J connectivity index is 0.00000576. The van der Waals surface area contributed by atoms with Crippen LogP contribution in [0.4, 0.5) is 4.79 Å². The first kappa shape index (κ1) is 24.2. The summed E-state index contributed by atoms with van der Waals surface area (Å²) in [4.78, 5) is 17.9. The van der Waals surface area contributed by atoms with Crippen molar-refractivity contribution in [3.8, 4) is 0 Å². The van der Waals surface area contributed by atoms with Gasteiger partial charge in [0.05, 0.1) is 6.10 Å². The number of nitrogens with zero attached hydrogens (tertiary/aromatic N) is 2. The summed E-state index contributed by atoms with van der Waals surface area (Å²) in [7, 11) is 3.52. The second-order valence-corrected chi connectivity index (χ2v) is 7.24. The maximum atomic E-state index is 12.0. The van der Waals surface area contributed by atoms with Crippen LogP contribution in [0.1, 0.15) is 47.0 Å². The van der Waals surface area contributed by atoms with Gasteiger partial charge in [-0.15, -0.1) is 24.0 Å². The summed E-state index contributed by atoms with van der Waals surface area (Å²) < 4.78 is 11.0. The summed E-state index contributed by atoms with van der Waals surface area (Å²) in [5.74, 6) is 0.762. The second kappa shape index (κ2) is 11.8. The number of carbonyl (C=O) groups is 1. The molecule has 2 N–H and O–H groups in total. The topological polar surface area (TPSA) is 75.2 Å². The van der Waals surface area contributed by atoms with Gasteiger partial charge in [-0.2, -0.15) is 0 Å². The number of nitrogens with one attached hydrogen (secondary N) is 2. The van der Waals surface area contributed by atoms with E-state index >= 15 is 0 Å². The van der Waals surface area contributed by atoms with Crippen molar-refractivity contribution in [3.63, 3.8) is 0 Å². The van der Waals surface area contributed by atoms with Crippen LogP contribution in [0.2, 0.25) is 0 Å². The fraction of sp³-hybridized carbons (Fsp3) is 0.882. The highest BCUT2D eigenvalue weighted by Gasteiger charge is 2.22. The number of rotatable bonds is 6. The van der Waals surface area contributed by atoms with Gasteiger partial charge in [-0.3, -0.25) is 4.99 Å². The Morgan fingerprint density at radius 1 is 1.40 bits per heavy atom. The molecule has 0 bridgehead atoms. The third-order valence-electron chi connectivity index (χ3n) is 3.94. The molecule has 2 unspecified atom stereocenters. The van der Waals surface area contributed by atoms with E-state index in [0.717, 1.165) is 44.9 Å². The highest BCUT2D eigenvalue weighted by Crippen LogP contribution is 2.12. The Morgan fingerprint density at radius 2 is 2.08 bits per heavy atom. The number of amides is 1. The minimum absolute atomic E-state index is 0. The molecule has 148 valence electrons. The van der Waals surface area contributed by atoms with Crippen molar-refractivity contribution in [3.05, 3.63) is 0 Å². The van der Waals surface area contributed by atoms with Gasteiger partial charge < -0.3 is 25.0 Å². The molecule has 0 aromatic heterocycles. The van der Waals surface area contributed by atoms with Gasteiger partial charge >= 0.3 is 6.09 Å². The largest absolute Gasteiger partial charge is 0.444 e. The van der Waals surface area contributed by atoms with Gasteiger partial charge in [-0.25, -0.2) is 4.79 Å². The molecule has 0 aliphatic carbocycles. The van der Waals surface area contributed by atoms with Crippen molar-refractivity contribution in [2.24, 2.45) is 4.99 Å². The molecule has 0 radical (unpaired) electrons. The SMILES string of the molecule is CN=C(NCCC(C)N(C)C(=O)OC(C)(C)C)NCC1CCCO1.I. The maximum Gasteiger partial charge on any atom is 0.410 e. The van der Waals surface area contributed by atoms with Crippen LogP contribution < -0.4 is 10.6 Å². The van der Waals surface area contributed by atoms with E-state index < -0.39 is 5.60 Å². The molecule has 1 saturated heterocycles. The molecule has 0 aromatic rings. The molecule has 0 saturated carbocycles. The average molecular weight is 470 g/mol. The lowest BCUT2D eigenvalue weighted by atomic mass is 10.2. The van der Waals surface area contributed by atoms with E-state index in [2.05, 4.69) is 15.6 Å². The van der Waals surface area contributed by atoms with Gasteiger partial charge in [0.15, 0.2) is 5.96 Å². The summed E-state index contributed by atoms with van der Waals surface area (Å²) in [5.41, 5.74) is -0.475. The van der Waals surface area contributed by atoms with Crippen molar-refractivity contribution in [2.75, 3.05) is 33.8 Å². The fourth-order valence-electron chi connectivity index (χ4n) is 2.34. The number of halogens is 1. The third-order valence-corrected chi connectivity index (χ3v) is 3.94. The molecule has 1 aliphatic rings. The van der Waals surface area contributed by atoms with Crippen LogP contribution in [-0.2, 0) is 9.47 Å². The van der Waals surface area contributed by atoms with Crippen LogP contribution in [-0.4, -0.2) is 68.5 Å². The van der Waals surface area contributed by atoms with Gasteiger partial charge in [0.2, 0.25) is 0 Å². The quantitative estimate of drug-likeness (QED) is 0.355. The highest BCUT2D eigenvalue weighted by atomic mass is 127. The van der Waals surface area contributed by atoms with Crippen LogP contribution >= 0.6 is 24.0 Å². The number of carbonyl (C=O) groups excluding carboxylic acids is 1. The predicted octanol–water partition coefficient (Wildman–Crippen LogP) is 2.59. The number of hydrogen-bond donors (Lipinski definition) is 2. The molecule has 0 spiro atoms. The van der Waals surface area contributed by atoms with Crippen LogP contribution in [0.15, 0.2) is 4.99 Å². The van der Waals surface area contributed by atoms with Gasteiger partial charge in [-0.05, 0) is 47.0 Å². The zero-order valence-electron chi connectivity index (χ0n) is 16.4. The van der Waals surface area contributed by atoms with Crippen LogP contribution in [0.3, 0.4) is 0 Å². The van der Waals surface area contributed by atoms with Crippen LogP contribution in [0.5, 0.6) is 0 Å². The minimum atomic E-state index is -0.475. The lowest BCUT2D eigenvalue weighted by Crippen LogP contribution is -2.44. The molecule has 1 rings (SSSR count). The van der Waals surface area contributed by atoms with Crippen molar-refractivity contribution in [1.82, 2.24) is 15.5 Å². The van der Waals surface area contributed by atoms with Gasteiger partial charge in [0.1, 0.15) is 5.60 Å². The smallest absolute Gasteiger partial charge is 0.410 e. The van der Waals surface area contributed by atoms with Gasteiger partial charge in [0.25, 0.3) is 0 Å². The third kappa shape index (κ3) is 10.1. The molecule has 1 heterocycles. The van der Waals surface area contributed by atoms with Crippen molar-refractivity contribution >= 4 is 36.0 Å². The molecule has 7 nitrogen and oxygen atoms in total. The van der Waals surface area contributed by atoms with Crippen molar-refractivity contribution in [1.29, 1.82) is 0 Å².